The first-order chi connectivity index (χ1) is 9.69. The number of H-pyrrole nitrogens is 1. The summed E-state index contributed by atoms with van der Waals surface area (Å²) in [6.45, 7) is 0.220. The lowest BCUT2D eigenvalue weighted by atomic mass is 10.2. The van der Waals surface area contributed by atoms with Crippen LogP contribution in [0, 0.1) is 0 Å². The largest absolute Gasteiger partial charge is 0.397 e. The Morgan fingerprint density at radius 2 is 2.35 bits per heavy atom. The van der Waals surface area contributed by atoms with Crippen LogP contribution in [0.4, 0.5) is 11.6 Å². The quantitative estimate of drug-likeness (QED) is 0.560. The number of hydrogen-bond donors (Lipinski definition) is 4. The van der Waals surface area contributed by atoms with E-state index in [1.807, 2.05) is 6.07 Å². The Balaban J connectivity index is 1.90. The normalized spacial score (nSPS) is 10.8. The summed E-state index contributed by atoms with van der Waals surface area (Å²) in [4.78, 5) is 21.4. The molecule has 9 heteroatoms. The molecule has 102 valence electrons. The van der Waals surface area contributed by atoms with E-state index >= 15 is 0 Å². The number of aromatic nitrogens is 4. The third-order valence-electron chi connectivity index (χ3n) is 2.66. The van der Waals surface area contributed by atoms with Gasteiger partial charge in [0.2, 0.25) is 5.95 Å². The number of nitrogen functional groups attached to an aromatic ring is 1. The molecule has 0 aromatic carbocycles. The van der Waals surface area contributed by atoms with Gasteiger partial charge in [-0.2, -0.15) is 4.98 Å². The molecule has 0 spiro atoms. The van der Waals surface area contributed by atoms with E-state index in [9.17, 15) is 4.79 Å². The SMILES string of the molecule is NCc1nc(NC(=O)c2sc3ncccc3c2N)n[nH]1. The number of amides is 1. The number of hydrogen-bond acceptors (Lipinski definition) is 7. The van der Waals surface area contributed by atoms with Gasteiger partial charge in [-0.25, -0.2) is 4.98 Å². The van der Waals surface area contributed by atoms with Crippen molar-refractivity contribution in [2.75, 3.05) is 11.1 Å². The zero-order valence-electron chi connectivity index (χ0n) is 10.3. The molecule has 0 bridgehead atoms. The molecule has 3 aromatic heterocycles. The second kappa shape index (κ2) is 4.87. The highest BCUT2D eigenvalue weighted by atomic mass is 32.1. The standard InChI is InChI=1S/C11H11N7OS/c12-4-6-15-11(18-17-6)16-9(19)8-7(13)5-2-1-3-14-10(5)20-8/h1-3H,4,12-13H2,(H2,15,16,17,18,19). The Hall–Kier alpha value is -2.52. The lowest BCUT2D eigenvalue weighted by Crippen LogP contribution is -2.13. The van der Waals surface area contributed by atoms with Crippen LogP contribution in [-0.4, -0.2) is 26.1 Å². The zero-order valence-corrected chi connectivity index (χ0v) is 11.1. The highest BCUT2D eigenvalue weighted by Gasteiger charge is 2.18. The number of aromatic amines is 1. The maximum absolute atomic E-state index is 12.2. The minimum Gasteiger partial charge on any atom is -0.397 e. The van der Waals surface area contributed by atoms with E-state index < -0.39 is 0 Å². The molecule has 0 unspecified atom stereocenters. The van der Waals surface area contributed by atoms with Crippen molar-refractivity contribution in [3.8, 4) is 0 Å². The molecule has 0 aliphatic rings. The molecule has 3 aromatic rings. The second-order valence-corrected chi connectivity index (χ2v) is 4.96. The van der Waals surface area contributed by atoms with Crippen molar-refractivity contribution in [1.29, 1.82) is 0 Å². The average Bonchev–Trinajstić information content (AvgIpc) is 3.04. The molecular formula is C11H11N7OS. The first-order valence-electron chi connectivity index (χ1n) is 5.74. The van der Waals surface area contributed by atoms with Crippen LogP contribution >= 0.6 is 11.3 Å². The van der Waals surface area contributed by atoms with Crippen LogP contribution in [-0.2, 0) is 6.54 Å². The molecule has 0 saturated carbocycles. The average molecular weight is 289 g/mol. The van der Waals surface area contributed by atoms with E-state index in [2.05, 4.69) is 25.5 Å². The van der Waals surface area contributed by atoms with Gasteiger partial charge in [-0.05, 0) is 12.1 Å². The van der Waals surface area contributed by atoms with Crippen molar-refractivity contribution in [2.24, 2.45) is 5.73 Å². The molecule has 0 aliphatic carbocycles. The first-order valence-corrected chi connectivity index (χ1v) is 6.56. The van der Waals surface area contributed by atoms with Crippen LogP contribution in [0.5, 0.6) is 0 Å². The smallest absolute Gasteiger partial charge is 0.270 e. The third-order valence-corrected chi connectivity index (χ3v) is 3.79. The lowest BCUT2D eigenvalue weighted by molar-refractivity contribution is 0.103. The number of nitrogens with two attached hydrogens (primary N) is 2. The lowest BCUT2D eigenvalue weighted by Gasteiger charge is -1.98. The molecule has 3 rings (SSSR count). The van der Waals surface area contributed by atoms with Crippen molar-refractivity contribution >= 4 is 39.1 Å². The molecule has 0 fully saturated rings. The topological polar surface area (TPSA) is 136 Å². The van der Waals surface area contributed by atoms with Gasteiger partial charge in [0.05, 0.1) is 12.2 Å². The van der Waals surface area contributed by atoms with E-state index in [0.717, 1.165) is 5.39 Å². The highest BCUT2D eigenvalue weighted by Crippen LogP contribution is 2.32. The number of nitrogens with one attached hydrogen (secondary N) is 2. The van der Waals surface area contributed by atoms with Crippen LogP contribution < -0.4 is 16.8 Å². The number of carbonyl (C=O) groups excluding carboxylic acids is 1. The molecule has 8 nitrogen and oxygen atoms in total. The maximum Gasteiger partial charge on any atom is 0.270 e. The van der Waals surface area contributed by atoms with Crippen LogP contribution in [0.3, 0.4) is 0 Å². The van der Waals surface area contributed by atoms with Gasteiger partial charge in [0.15, 0.2) is 0 Å². The molecule has 3 heterocycles. The molecule has 0 radical (unpaired) electrons. The van der Waals surface area contributed by atoms with Gasteiger partial charge in [0.1, 0.15) is 15.5 Å². The van der Waals surface area contributed by atoms with Crippen molar-refractivity contribution in [3.63, 3.8) is 0 Å². The van der Waals surface area contributed by atoms with Crippen molar-refractivity contribution in [1.82, 2.24) is 20.2 Å². The Bertz CT molecular complexity index is 778. The summed E-state index contributed by atoms with van der Waals surface area (Å²) in [5.74, 6) is 0.291. The van der Waals surface area contributed by atoms with Gasteiger partial charge in [-0.15, -0.1) is 16.4 Å². The summed E-state index contributed by atoms with van der Waals surface area (Å²) < 4.78 is 0. The fraction of sp³-hybridized carbons (Fsp3) is 0.0909. The van der Waals surface area contributed by atoms with E-state index in [0.29, 0.717) is 21.2 Å². The number of nitrogens with zero attached hydrogens (tertiary/aromatic N) is 3. The monoisotopic (exact) mass is 289 g/mol. The van der Waals surface area contributed by atoms with E-state index in [1.165, 1.54) is 11.3 Å². The summed E-state index contributed by atoms with van der Waals surface area (Å²) >= 11 is 1.23. The Kier molecular flexibility index (Phi) is 3.05. The summed E-state index contributed by atoms with van der Waals surface area (Å²) in [7, 11) is 0. The maximum atomic E-state index is 12.2. The Morgan fingerprint density at radius 1 is 1.50 bits per heavy atom. The predicted octanol–water partition coefficient (Wildman–Crippen LogP) is 0.708. The Morgan fingerprint density at radius 3 is 3.05 bits per heavy atom. The molecule has 6 N–H and O–H groups in total. The van der Waals surface area contributed by atoms with Crippen LogP contribution in [0.1, 0.15) is 15.5 Å². The summed E-state index contributed by atoms with van der Waals surface area (Å²) in [6.07, 6.45) is 1.66. The Labute approximate surface area is 117 Å². The van der Waals surface area contributed by atoms with E-state index in [-0.39, 0.29) is 18.4 Å². The number of thiophene rings is 1. The van der Waals surface area contributed by atoms with Gasteiger partial charge >= 0.3 is 0 Å². The van der Waals surface area contributed by atoms with Crippen LogP contribution in [0.25, 0.3) is 10.2 Å². The zero-order chi connectivity index (χ0) is 14.1. The summed E-state index contributed by atoms with van der Waals surface area (Å²) in [5, 5.41) is 9.78. The molecule has 0 saturated heterocycles. The number of rotatable bonds is 3. The number of carbonyl (C=O) groups is 1. The van der Waals surface area contributed by atoms with Crippen LogP contribution in [0.15, 0.2) is 18.3 Å². The number of fused-ring (bicyclic) bond motifs is 1. The summed E-state index contributed by atoms with van der Waals surface area (Å²) in [5.41, 5.74) is 11.8. The number of anilines is 2. The second-order valence-electron chi connectivity index (χ2n) is 3.96. The molecule has 1 amide bonds. The fourth-order valence-electron chi connectivity index (χ4n) is 1.72. The van der Waals surface area contributed by atoms with Gasteiger partial charge < -0.3 is 11.5 Å². The predicted molar refractivity (Wildman–Crippen MR) is 76.3 cm³/mol. The molecule has 20 heavy (non-hydrogen) atoms. The van der Waals surface area contributed by atoms with Crippen molar-refractivity contribution < 1.29 is 4.79 Å². The fourth-order valence-corrected chi connectivity index (χ4v) is 2.68. The summed E-state index contributed by atoms with van der Waals surface area (Å²) in [6, 6.07) is 3.60. The van der Waals surface area contributed by atoms with Gasteiger partial charge in [0, 0.05) is 11.6 Å². The minimum absolute atomic E-state index is 0.167. The van der Waals surface area contributed by atoms with Crippen LogP contribution in [0.2, 0.25) is 0 Å². The molecule has 0 atom stereocenters. The van der Waals surface area contributed by atoms with Crippen molar-refractivity contribution in [2.45, 2.75) is 6.54 Å². The third kappa shape index (κ3) is 2.08. The first kappa shape index (κ1) is 12.5. The van der Waals surface area contributed by atoms with Crippen molar-refractivity contribution in [3.05, 3.63) is 29.0 Å². The van der Waals surface area contributed by atoms with Gasteiger partial charge in [0.25, 0.3) is 5.91 Å². The highest BCUT2D eigenvalue weighted by molar-refractivity contribution is 7.21. The van der Waals surface area contributed by atoms with Gasteiger partial charge in [-0.1, -0.05) is 0 Å². The van der Waals surface area contributed by atoms with Gasteiger partial charge in [-0.3, -0.25) is 15.2 Å². The molecule has 0 aliphatic heterocycles. The van der Waals surface area contributed by atoms with E-state index in [1.54, 1.807) is 12.3 Å². The van der Waals surface area contributed by atoms with E-state index in [4.69, 9.17) is 11.5 Å². The minimum atomic E-state index is -0.368. The molecular weight excluding hydrogens is 278 g/mol. The number of pyridine rings is 1.